The first-order valence-electron chi connectivity index (χ1n) is 16.5. The van der Waals surface area contributed by atoms with Crippen LogP contribution in [0, 0.1) is 0 Å². The molecule has 1 aromatic carbocycles. The van der Waals surface area contributed by atoms with Crippen LogP contribution >= 0.6 is 0 Å². The number of unbranched alkanes of at least 4 members (excludes halogenated alkanes) is 3. The van der Waals surface area contributed by atoms with E-state index in [-0.39, 0.29) is 80.1 Å². The summed E-state index contributed by atoms with van der Waals surface area (Å²) >= 11 is 0. The van der Waals surface area contributed by atoms with Gasteiger partial charge in [-0.05, 0) is 84.0 Å². The molecule has 18 nitrogen and oxygen atoms in total. The van der Waals surface area contributed by atoms with Crippen LogP contribution in [0.3, 0.4) is 0 Å². The van der Waals surface area contributed by atoms with Gasteiger partial charge in [-0.1, -0.05) is 6.42 Å². The smallest absolute Gasteiger partial charge is 0.264 e. The number of carbonyl (C=O) groups excluding carboxylic acids is 3. The highest BCUT2D eigenvalue weighted by atomic mass is 32.2. The van der Waals surface area contributed by atoms with Crippen LogP contribution in [0.1, 0.15) is 81.5 Å². The zero-order valence-electron chi connectivity index (χ0n) is 28.9. The van der Waals surface area contributed by atoms with Crippen LogP contribution in [0.5, 0.6) is 17.2 Å². The van der Waals surface area contributed by atoms with E-state index in [4.69, 9.17) is 27.9 Å². The van der Waals surface area contributed by atoms with Crippen molar-refractivity contribution in [2.75, 3.05) is 57.2 Å². The molecule has 0 heterocycles. The average molecular weight is 790 g/mol. The summed E-state index contributed by atoms with van der Waals surface area (Å²) in [7, 11) is -11.1. The second-order valence-corrected chi connectivity index (χ2v) is 16.4. The van der Waals surface area contributed by atoms with E-state index in [0.29, 0.717) is 32.1 Å². The lowest BCUT2D eigenvalue weighted by Gasteiger charge is -2.19. The van der Waals surface area contributed by atoms with Crippen molar-refractivity contribution in [1.29, 1.82) is 0 Å². The van der Waals surface area contributed by atoms with E-state index in [1.165, 1.54) is 19.1 Å². The summed E-state index contributed by atoms with van der Waals surface area (Å²) in [5.74, 6) is -3.30. The first kappa shape index (κ1) is 45.9. The number of hydrogen-bond acceptors (Lipinski definition) is 13. The van der Waals surface area contributed by atoms with Crippen molar-refractivity contribution in [2.24, 2.45) is 0 Å². The van der Waals surface area contributed by atoms with Gasteiger partial charge < -0.3 is 30.2 Å². The molecule has 2 amide bonds. The Morgan fingerprint density at radius 2 is 1.18 bits per heavy atom. The van der Waals surface area contributed by atoms with E-state index in [1.807, 2.05) is 7.05 Å². The summed E-state index contributed by atoms with van der Waals surface area (Å²) in [5.41, 5.74) is -0.0153. The molecule has 294 valence electrons. The summed E-state index contributed by atoms with van der Waals surface area (Å²) in [6.45, 7) is 1.58. The van der Waals surface area contributed by atoms with Gasteiger partial charge in [0, 0.05) is 18.5 Å². The van der Waals surface area contributed by atoms with Crippen LogP contribution in [0.25, 0.3) is 0 Å². The van der Waals surface area contributed by atoms with Crippen molar-refractivity contribution >= 4 is 48.0 Å². The highest BCUT2D eigenvalue weighted by Crippen LogP contribution is 2.39. The van der Waals surface area contributed by atoms with Crippen molar-refractivity contribution in [2.45, 2.75) is 77.2 Å². The topological polar surface area (TPSA) is 278 Å². The number of ether oxygens (including phenoxy) is 3. The molecule has 6 N–H and O–H groups in total. The fourth-order valence-corrected chi connectivity index (χ4v) is 5.96. The quantitative estimate of drug-likeness (QED) is 0.0494. The molecule has 1 unspecified atom stereocenters. The highest BCUT2D eigenvalue weighted by molar-refractivity contribution is 7.86. The minimum absolute atomic E-state index is 0.0153. The van der Waals surface area contributed by atoms with Crippen molar-refractivity contribution in [1.82, 2.24) is 16.0 Å². The summed E-state index contributed by atoms with van der Waals surface area (Å²) in [4.78, 5) is 37.6. The van der Waals surface area contributed by atoms with Crippen molar-refractivity contribution in [3.8, 4) is 17.2 Å². The molecule has 0 radical (unpaired) electrons. The van der Waals surface area contributed by atoms with Crippen LogP contribution < -0.4 is 30.2 Å². The molecule has 1 atom stereocenters. The Morgan fingerprint density at radius 3 is 1.65 bits per heavy atom. The lowest BCUT2D eigenvalue weighted by atomic mass is 10.1. The molecule has 0 spiro atoms. The predicted molar refractivity (Wildman–Crippen MR) is 187 cm³/mol. The van der Waals surface area contributed by atoms with Gasteiger partial charge in [-0.15, -0.1) is 0 Å². The molecule has 1 rings (SSSR count). The van der Waals surface area contributed by atoms with Gasteiger partial charge in [0.05, 0.1) is 43.1 Å². The number of Topliss-reactive ketones (excluding diaryl/α,β-unsaturated/α-hetero) is 1. The third kappa shape index (κ3) is 23.2. The Balaban J connectivity index is 3.03. The van der Waals surface area contributed by atoms with Crippen molar-refractivity contribution in [3.63, 3.8) is 0 Å². The molecule has 51 heavy (non-hydrogen) atoms. The molecule has 0 bridgehead atoms. The molecule has 1 aromatic rings. The fraction of sp³-hybridized carbons (Fsp3) is 0.700. The van der Waals surface area contributed by atoms with Gasteiger partial charge in [0.2, 0.25) is 11.7 Å². The average Bonchev–Trinajstić information content (AvgIpc) is 3.01. The summed E-state index contributed by atoms with van der Waals surface area (Å²) in [6.07, 6.45) is 3.65. The Morgan fingerprint density at radius 1 is 0.686 bits per heavy atom. The van der Waals surface area contributed by atoms with Crippen LogP contribution in [0.15, 0.2) is 12.1 Å². The lowest BCUT2D eigenvalue weighted by Crippen LogP contribution is -2.39. The van der Waals surface area contributed by atoms with Gasteiger partial charge in [-0.3, -0.25) is 28.0 Å². The van der Waals surface area contributed by atoms with Crippen LogP contribution in [0.4, 0.5) is 0 Å². The number of ketones is 1. The fourth-order valence-electron chi connectivity index (χ4n) is 4.51. The SMILES string of the molecule is CNCCCCCC(=O)NC(CCCCNC(=O)c1cc(OCCCS(=O)(=O)O)c(OCCCS(=O)(=O)O)c(OCCCS(=O)(=O)O)c1)C(C)=O. The van der Waals surface area contributed by atoms with Gasteiger partial charge in [0.1, 0.15) is 0 Å². The van der Waals surface area contributed by atoms with Gasteiger partial charge in [-0.25, -0.2) is 0 Å². The minimum atomic E-state index is -4.31. The molecule has 0 aliphatic carbocycles. The highest BCUT2D eigenvalue weighted by Gasteiger charge is 2.21. The van der Waals surface area contributed by atoms with Gasteiger partial charge in [0.15, 0.2) is 17.3 Å². The largest absolute Gasteiger partial charge is 0.489 e. The number of rotatable bonds is 29. The van der Waals surface area contributed by atoms with Gasteiger partial charge in [-0.2, -0.15) is 25.3 Å². The molecule has 0 aromatic heterocycles. The zero-order chi connectivity index (χ0) is 38.5. The maximum atomic E-state index is 13.2. The van der Waals surface area contributed by atoms with E-state index >= 15 is 0 Å². The second kappa shape index (κ2) is 23.5. The first-order valence-corrected chi connectivity index (χ1v) is 21.3. The van der Waals surface area contributed by atoms with Crippen molar-refractivity contribution in [3.05, 3.63) is 17.7 Å². The Hall–Kier alpha value is -3.08. The Kier molecular flexibility index (Phi) is 21.1. The molecule has 0 fully saturated rings. The number of amides is 2. The van der Waals surface area contributed by atoms with E-state index in [0.717, 1.165) is 19.4 Å². The monoisotopic (exact) mass is 789 g/mol. The standard InChI is InChI=1S/C30H51N3O15S3/c1-23(34)25(33-28(35)12-4-3-6-13-31-2)11-5-7-14-32-30(36)24-21-26(46-15-8-18-49(37,38)39)29(48-17-10-20-51(43,44)45)27(22-24)47-16-9-19-50(40,41)42/h21-22,25,31H,3-20H2,1-2H3,(H,32,36)(H,33,35)(H,37,38,39)(H,40,41,42)(H,43,44,45). The zero-order valence-corrected chi connectivity index (χ0v) is 31.4. The molecular weight excluding hydrogens is 739 g/mol. The number of carbonyl (C=O) groups is 3. The van der Waals surface area contributed by atoms with Gasteiger partial charge >= 0.3 is 0 Å². The van der Waals surface area contributed by atoms with Crippen LogP contribution in [-0.4, -0.2) is 120 Å². The van der Waals surface area contributed by atoms with Crippen LogP contribution in [-0.2, 0) is 39.9 Å². The minimum Gasteiger partial charge on any atom is -0.489 e. The van der Waals surface area contributed by atoms with E-state index in [2.05, 4.69) is 16.0 Å². The maximum Gasteiger partial charge on any atom is 0.264 e. The van der Waals surface area contributed by atoms with E-state index < -0.39 is 59.6 Å². The number of benzene rings is 1. The van der Waals surface area contributed by atoms with Crippen LogP contribution in [0.2, 0.25) is 0 Å². The Labute approximate surface area is 300 Å². The lowest BCUT2D eigenvalue weighted by molar-refractivity contribution is -0.127. The molecule has 0 saturated heterocycles. The third-order valence-corrected chi connectivity index (χ3v) is 9.46. The van der Waals surface area contributed by atoms with E-state index in [9.17, 15) is 39.6 Å². The Bertz CT molecular complexity index is 1520. The summed E-state index contributed by atoms with van der Waals surface area (Å²) in [6, 6.07) is 1.86. The van der Waals surface area contributed by atoms with Crippen molar-refractivity contribution < 1.29 is 67.5 Å². The maximum absolute atomic E-state index is 13.2. The molecule has 21 heteroatoms. The molecule has 0 aliphatic rings. The summed E-state index contributed by atoms with van der Waals surface area (Å²) in [5, 5.41) is 8.52. The van der Waals surface area contributed by atoms with Gasteiger partial charge in [0.25, 0.3) is 36.3 Å². The summed E-state index contributed by atoms with van der Waals surface area (Å²) < 4.78 is 111. The predicted octanol–water partition coefficient (Wildman–Crippen LogP) is 1.41. The third-order valence-electron chi connectivity index (χ3n) is 7.05. The molecule has 0 aliphatic heterocycles. The second-order valence-electron chi connectivity index (χ2n) is 11.7. The molecular formula is C30H51N3O15S3. The molecule has 0 saturated carbocycles. The van der Waals surface area contributed by atoms with E-state index in [1.54, 1.807) is 0 Å². The first-order chi connectivity index (χ1) is 23.8. The number of nitrogens with one attached hydrogen (secondary N) is 3. The normalized spacial score (nSPS) is 12.6. The number of hydrogen-bond donors (Lipinski definition) is 6.